The van der Waals surface area contributed by atoms with Crippen LogP contribution in [0, 0.1) is 29.5 Å². The number of hydrogen-bond acceptors (Lipinski definition) is 0. The fourth-order valence-electron chi connectivity index (χ4n) is 5.37. The maximum Gasteiger partial charge on any atom is 0.123 e. The molecule has 134 valence electrons. The van der Waals surface area contributed by atoms with Gasteiger partial charge in [0, 0.05) is 0 Å². The van der Waals surface area contributed by atoms with Crippen molar-refractivity contribution in [2.75, 3.05) is 0 Å². The third-order valence-corrected chi connectivity index (χ3v) is 6.88. The highest BCUT2D eigenvalue weighted by molar-refractivity contribution is 5.16. The SMILES string of the molecule is CCCC1CCC(C2CCC(CCc3cccc(F)c3)CC2)CC1. The molecule has 0 spiro atoms. The smallest absolute Gasteiger partial charge is 0.123 e. The lowest BCUT2D eigenvalue weighted by Gasteiger charge is -2.38. The van der Waals surface area contributed by atoms with E-state index in [2.05, 4.69) is 13.0 Å². The Labute approximate surface area is 148 Å². The molecule has 0 amide bonds. The molecule has 24 heavy (non-hydrogen) atoms. The summed E-state index contributed by atoms with van der Waals surface area (Å²) in [6, 6.07) is 7.17. The molecule has 2 aliphatic rings. The maximum atomic E-state index is 13.3. The Morgan fingerprint density at radius 3 is 1.96 bits per heavy atom. The van der Waals surface area contributed by atoms with E-state index in [0.717, 1.165) is 30.1 Å². The van der Waals surface area contributed by atoms with Crippen molar-refractivity contribution in [3.63, 3.8) is 0 Å². The molecule has 2 aliphatic carbocycles. The van der Waals surface area contributed by atoms with Gasteiger partial charge < -0.3 is 0 Å². The summed E-state index contributed by atoms with van der Waals surface area (Å²) in [5.74, 6) is 3.87. The van der Waals surface area contributed by atoms with Crippen molar-refractivity contribution in [3.8, 4) is 0 Å². The van der Waals surface area contributed by atoms with Crippen LogP contribution < -0.4 is 0 Å². The molecule has 2 saturated carbocycles. The summed E-state index contributed by atoms with van der Waals surface area (Å²) in [6.45, 7) is 2.33. The largest absolute Gasteiger partial charge is 0.207 e. The van der Waals surface area contributed by atoms with E-state index in [1.165, 1.54) is 76.2 Å². The summed E-state index contributed by atoms with van der Waals surface area (Å²) < 4.78 is 13.3. The lowest BCUT2D eigenvalue weighted by molar-refractivity contribution is 0.141. The van der Waals surface area contributed by atoms with Crippen LogP contribution in [0.1, 0.15) is 83.1 Å². The highest BCUT2D eigenvalue weighted by atomic mass is 19.1. The normalized spacial score (nSPS) is 31.1. The van der Waals surface area contributed by atoms with Crippen molar-refractivity contribution in [2.45, 2.75) is 84.0 Å². The van der Waals surface area contributed by atoms with Gasteiger partial charge in [-0.25, -0.2) is 4.39 Å². The molecule has 0 nitrogen and oxygen atoms in total. The van der Waals surface area contributed by atoms with Crippen LogP contribution in [-0.2, 0) is 6.42 Å². The monoisotopic (exact) mass is 330 g/mol. The number of rotatable bonds is 6. The van der Waals surface area contributed by atoms with E-state index in [-0.39, 0.29) is 5.82 Å². The predicted molar refractivity (Wildman–Crippen MR) is 101 cm³/mol. The summed E-state index contributed by atoms with van der Waals surface area (Å²) in [4.78, 5) is 0. The van der Waals surface area contributed by atoms with Gasteiger partial charge in [0.25, 0.3) is 0 Å². The highest BCUT2D eigenvalue weighted by Crippen LogP contribution is 2.42. The second-order valence-electron chi connectivity index (χ2n) is 8.52. The molecular formula is C23H35F. The van der Waals surface area contributed by atoms with Gasteiger partial charge in [-0.2, -0.15) is 0 Å². The Balaban J connectivity index is 1.37. The zero-order valence-electron chi connectivity index (χ0n) is 15.5. The second kappa shape index (κ2) is 9.02. The third kappa shape index (κ3) is 5.07. The quantitative estimate of drug-likeness (QED) is 0.518. The maximum absolute atomic E-state index is 13.3. The summed E-state index contributed by atoms with van der Waals surface area (Å²) in [7, 11) is 0. The van der Waals surface area contributed by atoms with Gasteiger partial charge in [-0.05, 0) is 79.9 Å². The first-order chi connectivity index (χ1) is 11.7. The summed E-state index contributed by atoms with van der Waals surface area (Å²) in [5.41, 5.74) is 1.17. The molecule has 0 atom stereocenters. The van der Waals surface area contributed by atoms with Crippen molar-refractivity contribution in [2.24, 2.45) is 23.7 Å². The van der Waals surface area contributed by atoms with Crippen molar-refractivity contribution < 1.29 is 4.39 Å². The fourth-order valence-corrected chi connectivity index (χ4v) is 5.37. The van der Waals surface area contributed by atoms with Crippen LogP contribution in [0.15, 0.2) is 24.3 Å². The van der Waals surface area contributed by atoms with Gasteiger partial charge in [0.15, 0.2) is 0 Å². The molecule has 0 saturated heterocycles. The standard InChI is InChI=1S/C23H35F/c1-2-4-18-9-13-21(14-10-18)22-15-11-19(12-16-22)7-8-20-5-3-6-23(24)17-20/h3,5-6,17-19,21-22H,2,4,7-16H2,1H3. The first-order valence-electron chi connectivity index (χ1n) is 10.5. The molecule has 0 aliphatic heterocycles. The molecule has 0 N–H and O–H groups in total. The highest BCUT2D eigenvalue weighted by Gasteiger charge is 2.30. The molecule has 2 fully saturated rings. The van der Waals surface area contributed by atoms with E-state index in [1.807, 2.05) is 6.07 Å². The lowest BCUT2D eigenvalue weighted by Crippen LogP contribution is -2.26. The average Bonchev–Trinajstić information content (AvgIpc) is 2.62. The second-order valence-corrected chi connectivity index (χ2v) is 8.52. The Kier molecular flexibility index (Phi) is 6.75. The molecule has 0 heterocycles. The van der Waals surface area contributed by atoms with E-state index in [9.17, 15) is 4.39 Å². The molecular weight excluding hydrogens is 295 g/mol. The molecule has 1 heteroatoms. The number of benzene rings is 1. The van der Waals surface area contributed by atoms with E-state index >= 15 is 0 Å². The number of halogens is 1. The van der Waals surface area contributed by atoms with Crippen molar-refractivity contribution in [1.29, 1.82) is 0 Å². The van der Waals surface area contributed by atoms with Gasteiger partial charge in [-0.3, -0.25) is 0 Å². The molecule has 3 rings (SSSR count). The van der Waals surface area contributed by atoms with Crippen LogP contribution in [0.5, 0.6) is 0 Å². The van der Waals surface area contributed by atoms with Crippen LogP contribution in [0.4, 0.5) is 4.39 Å². The fraction of sp³-hybridized carbons (Fsp3) is 0.739. The first kappa shape index (κ1) is 18.0. The van der Waals surface area contributed by atoms with Crippen LogP contribution in [0.2, 0.25) is 0 Å². The van der Waals surface area contributed by atoms with Crippen LogP contribution in [-0.4, -0.2) is 0 Å². The van der Waals surface area contributed by atoms with Crippen molar-refractivity contribution >= 4 is 0 Å². The number of aryl methyl sites for hydroxylation is 1. The minimum absolute atomic E-state index is 0.0881. The van der Waals surface area contributed by atoms with Crippen LogP contribution in [0.3, 0.4) is 0 Å². The van der Waals surface area contributed by atoms with Gasteiger partial charge in [0.1, 0.15) is 5.82 Å². The van der Waals surface area contributed by atoms with Crippen molar-refractivity contribution in [3.05, 3.63) is 35.6 Å². The van der Waals surface area contributed by atoms with Gasteiger partial charge >= 0.3 is 0 Å². The van der Waals surface area contributed by atoms with Gasteiger partial charge in [0.2, 0.25) is 0 Å². The molecule has 0 unspecified atom stereocenters. The van der Waals surface area contributed by atoms with Crippen LogP contribution in [0.25, 0.3) is 0 Å². The van der Waals surface area contributed by atoms with E-state index in [4.69, 9.17) is 0 Å². The predicted octanol–water partition coefficient (Wildman–Crippen LogP) is 7.17. The minimum Gasteiger partial charge on any atom is -0.207 e. The molecule has 0 bridgehead atoms. The molecule has 0 radical (unpaired) electrons. The average molecular weight is 331 g/mol. The van der Waals surface area contributed by atoms with Crippen molar-refractivity contribution in [1.82, 2.24) is 0 Å². The van der Waals surface area contributed by atoms with Gasteiger partial charge in [-0.1, -0.05) is 57.6 Å². The number of hydrogen-bond donors (Lipinski definition) is 0. The van der Waals surface area contributed by atoms with E-state index in [0.29, 0.717) is 0 Å². The molecule has 1 aromatic carbocycles. The van der Waals surface area contributed by atoms with Gasteiger partial charge in [-0.15, -0.1) is 0 Å². The van der Waals surface area contributed by atoms with E-state index in [1.54, 1.807) is 12.1 Å². The van der Waals surface area contributed by atoms with Crippen LogP contribution >= 0.6 is 0 Å². The topological polar surface area (TPSA) is 0 Å². The Morgan fingerprint density at radius 1 is 0.833 bits per heavy atom. The summed E-state index contributed by atoms with van der Waals surface area (Å²) in [6.07, 6.45) is 16.9. The van der Waals surface area contributed by atoms with Gasteiger partial charge in [0.05, 0.1) is 0 Å². The third-order valence-electron chi connectivity index (χ3n) is 6.88. The minimum atomic E-state index is -0.0881. The Hall–Kier alpha value is -0.850. The summed E-state index contributed by atoms with van der Waals surface area (Å²) >= 11 is 0. The first-order valence-corrected chi connectivity index (χ1v) is 10.5. The lowest BCUT2D eigenvalue weighted by atomic mass is 9.68. The van der Waals surface area contributed by atoms with E-state index < -0.39 is 0 Å². The Morgan fingerprint density at radius 2 is 1.42 bits per heavy atom. The Bertz CT molecular complexity index is 479. The zero-order valence-corrected chi connectivity index (χ0v) is 15.5. The summed E-state index contributed by atoms with van der Waals surface area (Å²) in [5, 5.41) is 0. The molecule has 1 aromatic rings. The molecule has 0 aromatic heterocycles. The zero-order chi connectivity index (χ0) is 16.8.